The van der Waals surface area contributed by atoms with Crippen LogP contribution in [-0.2, 0) is 11.3 Å². The van der Waals surface area contributed by atoms with Crippen molar-refractivity contribution < 1.29 is 19.4 Å². The van der Waals surface area contributed by atoms with E-state index in [4.69, 9.17) is 9.84 Å². The molecule has 0 spiro atoms. The number of amides is 1. The van der Waals surface area contributed by atoms with Gasteiger partial charge in [0.15, 0.2) is 0 Å². The van der Waals surface area contributed by atoms with E-state index >= 15 is 0 Å². The molecule has 7 nitrogen and oxygen atoms in total. The third kappa shape index (κ3) is 4.03. The number of hydrogen-bond acceptors (Lipinski definition) is 5. The van der Waals surface area contributed by atoms with Gasteiger partial charge in [0.25, 0.3) is 0 Å². The average molecular weight is 313 g/mol. The predicted molar refractivity (Wildman–Crippen MR) is 81.2 cm³/mol. The Labute approximate surface area is 132 Å². The summed E-state index contributed by atoms with van der Waals surface area (Å²) in [7, 11) is 0. The molecule has 1 aromatic heterocycles. The number of carbonyl (C=O) groups excluding carboxylic acids is 1. The summed E-state index contributed by atoms with van der Waals surface area (Å²) in [5, 5.41) is 11.5. The summed E-state index contributed by atoms with van der Waals surface area (Å²) < 4.78 is 5.09. The molecular formula is C16H15N3O4. The van der Waals surface area contributed by atoms with Crippen LogP contribution in [0.25, 0.3) is 0 Å². The molecule has 1 aromatic carbocycles. The quantitative estimate of drug-likeness (QED) is 0.880. The largest absolute Gasteiger partial charge is 0.475 e. The smallest absolute Gasteiger partial charge is 0.413 e. The number of carboxylic acids is 1. The third-order valence-electron chi connectivity index (χ3n) is 3.38. The van der Waals surface area contributed by atoms with Crippen molar-refractivity contribution in [3.05, 3.63) is 53.5 Å². The van der Waals surface area contributed by atoms with Crippen molar-refractivity contribution in [1.82, 2.24) is 9.97 Å². The number of nitrogens with one attached hydrogen (secondary N) is 1. The number of aromatic carboxylic acids is 1. The zero-order chi connectivity index (χ0) is 16.2. The molecule has 3 rings (SSSR count). The lowest BCUT2D eigenvalue weighted by Gasteiger charge is -2.08. The van der Waals surface area contributed by atoms with Gasteiger partial charge in [-0.05, 0) is 18.4 Å². The van der Waals surface area contributed by atoms with E-state index in [9.17, 15) is 9.59 Å². The molecule has 1 aliphatic carbocycles. The lowest BCUT2D eigenvalue weighted by atomic mass is 10.2. The van der Waals surface area contributed by atoms with E-state index in [1.165, 1.54) is 0 Å². The van der Waals surface area contributed by atoms with Crippen LogP contribution in [0.2, 0.25) is 0 Å². The molecule has 1 fully saturated rings. The molecule has 1 saturated carbocycles. The van der Waals surface area contributed by atoms with Crippen LogP contribution in [0.3, 0.4) is 0 Å². The normalized spacial score (nSPS) is 13.4. The highest BCUT2D eigenvalue weighted by atomic mass is 16.5. The Balaban J connectivity index is 1.66. The lowest BCUT2D eigenvalue weighted by Crippen LogP contribution is -2.17. The summed E-state index contributed by atoms with van der Waals surface area (Å²) in [5.41, 5.74) is 1.49. The summed E-state index contributed by atoms with van der Waals surface area (Å²) in [6.45, 7) is 0.124. The predicted octanol–water partition coefficient (Wildman–Crippen LogP) is 2.80. The highest BCUT2D eigenvalue weighted by Gasteiger charge is 2.27. The number of rotatable bonds is 5. The molecule has 7 heteroatoms. The zero-order valence-electron chi connectivity index (χ0n) is 12.2. The van der Waals surface area contributed by atoms with Gasteiger partial charge in [-0.3, -0.25) is 5.32 Å². The molecule has 1 aliphatic rings. The fourth-order valence-electron chi connectivity index (χ4n) is 2.08. The molecule has 2 N–H and O–H groups in total. The van der Waals surface area contributed by atoms with Gasteiger partial charge in [0.1, 0.15) is 12.4 Å². The van der Waals surface area contributed by atoms with E-state index in [0.717, 1.165) is 18.4 Å². The Hall–Kier alpha value is -2.96. The van der Waals surface area contributed by atoms with Crippen LogP contribution < -0.4 is 5.32 Å². The number of ether oxygens (including phenoxy) is 1. The number of hydrogen-bond donors (Lipinski definition) is 2. The molecule has 118 valence electrons. The molecule has 2 aromatic rings. The Morgan fingerprint density at radius 1 is 1.22 bits per heavy atom. The summed E-state index contributed by atoms with van der Waals surface area (Å²) in [4.78, 5) is 30.7. The molecular weight excluding hydrogens is 298 g/mol. The summed E-state index contributed by atoms with van der Waals surface area (Å²) in [6, 6.07) is 10.8. The minimum absolute atomic E-state index is 0.124. The van der Waals surface area contributed by atoms with Gasteiger partial charge in [-0.25, -0.2) is 19.6 Å². The number of carboxylic acid groups (broad SMARTS) is 1. The number of anilines is 1. The van der Waals surface area contributed by atoms with E-state index in [-0.39, 0.29) is 24.2 Å². The zero-order valence-corrected chi connectivity index (χ0v) is 12.2. The van der Waals surface area contributed by atoms with Gasteiger partial charge in [0, 0.05) is 17.7 Å². The Kier molecular flexibility index (Phi) is 4.18. The topological polar surface area (TPSA) is 101 Å². The maximum absolute atomic E-state index is 11.8. The van der Waals surface area contributed by atoms with Crippen LogP contribution in [0.15, 0.2) is 36.4 Å². The number of nitrogens with zero attached hydrogens (tertiary/aromatic N) is 2. The molecule has 23 heavy (non-hydrogen) atoms. The van der Waals surface area contributed by atoms with Crippen molar-refractivity contribution in [2.45, 2.75) is 25.4 Å². The molecule has 0 radical (unpaired) electrons. The van der Waals surface area contributed by atoms with Crippen LogP contribution in [0, 0.1) is 0 Å². The molecule has 0 saturated heterocycles. The van der Waals surface area contributed by atoms with Gasteiger partial charge >= 0.3 is 12.1 Å². The minimum Gasteiger partial charge on any atom is -0.475 e. The fourth-order valence-corrected chi connectivity index (χ4v) is 2.08. The van der Waals surface area contributed by atoms with Crippen molar-refractivity contribution >= 4 is 17.9 Å². The van der Waals surface area contributed by atoms with Crippen LogP contribution >= 0.6 is 0 Å². The van der Waals surface area contributed by atoms with Crippen molar-refractivity contribution in [3.63, 3.8) is 0 Å². The third-order valence-corrected chi connectivity index (χ3v) is 3.38. The second-order valence-corrected chi connectivity index (χ2v) is 5.27. The Morgan fingerprint density at radius 3 is 2.61 bits per heavy atom. The highest BCUT2D eigenvalue weighted by molar-refractivity contribution is 5.86. The number of aromatic nitrogens is 2. The Bertz CT molecular complexity index is 729. The van der Waals surface area contributed by atoms with E-state index in [1.54, 1.807) is 6.07 Å². The molecule has 0 aliphatic heterocycles. The standard InChI is InChI=1S/C16H15N3O4/c20-15(21)14-17-12(11-6-7-11)8-13(18-14)19-16(22)23-9-10-4-2-1-3-5-10/h1-5,8,11H,6-7,9H2,(H,20,21)(H,17,18,19,22). The van der Waals surface area contributed by atoms with Crippen molar-refractivity contribution in [1.29, 1.82) is 0 Å². The first-order chi connectivity index (χ1) is 11.1. The fraction of sp³-hybridized carbons (Fsp3) is 0.250. The van der Waals surface area contributed by atoms with Gasteiger partial charge in [-0.1, -0.05) is 30.3 Å². The monoisotopic (exact) mass is 313 g/mol. The van der Waals surface area contributed by atoms with Crippen LogP contribution in [0.1, 0.15) is 40.6 Å². The minimum atomic E-state index is -1.23. The number of benzene rings is 1. The van der Waals surface area contributed by atoms with Crippen LogP contribution in [-0.4, -0.2) is 27.1 Å². The molecule has 0 atom stereocenters. The second-order valence-electron chi connectivity index (χ2n) is 5.27. The van der Waals surface area contributed by atoms with E-state index < -0.39 is 12.1 Å². The first-order valence-corrected chi connectivity index (χ1v) is 7.22. The maximum atomic E-state index is 11.8. The van der Waals surface area contributed by atoms with Gasteiger partial charge in [-0.2, -0.15) is 0 Å². The first-order valence-electron chi connectivity index (χ1n) is 7.22. The van der Waals surface area contributed by atoms with Crippen molar-refractivity contribution in [2.24, 2.45) is 0 Å². The van der Waals surface area contributed by atoms with Gasteiger partial charge in [0.05, 0.1) is 0 Å². The second kappa shape index (κ2) is 6.43. The Morgan fingerprint density at radius 2 is 1.96 bits per heavy atom. The van der Waals surface area contributed by atoms with Gasteiger partial charge in [-0.15, -0.1) is 0 Å². The maximum Gasteiger partial charge on any atom is 0.413 e. The molecule has 1 amide bonds. The molecule has 0 unspecified atom stereocenters. The van der Waals surface area contributed by atoms with Crippen LogP contribution in [0.4, 0.5) is 10.6 Å². The van der Waals surface area contributed by atoms with Gasteiger partial charge in [0.2, 0.25) is 5.82 Å². The van der Waals surface area contributed by atoms with Crippen LogP contribution in [0.5, 0.6) is 0 Å². The lowest BCUT2D eigenvalue weighted by molar-refractivity contribution is 0.0683. The van der Waals surface area contributed by atoms with E-state index in [2.05, 4.69) is 15.3 Å². The summed E-state index contributed by atoms with van der Waals surface area (Å²) in [5.74, 6) is -1.17. The summed E-state index contributed by atoms with van der Waals surface area (Å²) >= 11 is 0. The number of carbonyl (C=O) groups is 2. The van der Waals surface area contributed by atoms with E-state index in [1.807, 2.05) is 30.3 Å². The van der Waals surface area contributed by atoms with Crippen molar-refractivity contribution in [2.75, 3.05) is 5.32 Å². The average Bonchev–Trinajstić information content (AvgIpc) is 3.38. The van der Waals surface area contributed by atoms with Gasteiger partial charge < -0.3 is 9.84 Å². The van der Waals surface area contributed by atoms with E-state index in [0.29, 0.717) is 5.69 Å². The summed E-state index contributed by atoms with van der Waals surface area (Å²) in [6.07, 6.45) is 1.24. The highest BCUT2D eigenvalue weighted by Crippen LogP contribution is 2.39. The SMILES string of the molecule is O=C(Nc1cc(C2CC2)nc(C(=O)O)n1)OCc1ccccc1. The molecule has 1 heterocycles. The first kappa shape index (κ1) is 15.0. The van der Waals surface area contributed by atoms with Crippen molar-refractivity contribution in [3.8, 4) is 0 Å². The molecule has 0 bridgehead atoms.